The summed E-state index contributed by atoms with van der Waals surface area (Å²) in [7, 11) is -3.55. The fourth-order valence-corrected chi connectivity index (χ4v) is 5.84. The van der Waals surface area contributed by atoms with Gasteiger partial charge in [0.2, 0.25) is 0 Å². The maximum atomic E-state index is 12.7. The molecule has 2 amide bonds. The number of carbonyl (C=O) groups is 1. The maximum absolute atomic E-state index is 12.7. The van der Waals surface area contributed by atoms with Crippen LogP contribution < -0.4 is 15.4 Å². The third kappa shape index (κ3) is 4.57. The van der Waals surface area contributed by atoms with Crippen LogP contribution in [0.1, 0.15) is 25.5 Å². The molecule has 1 fully saturated rings. The number of aromatic nitrogens is 1. The summed E-state index contributed by atoms with van der Waals surface area (Å²) in [6, 6.07) is 6.47. The molecular weight excluding hydrogens is 388 g/mol. The molecule has 1 aromatic heterocycles. The van der Waals surface area contributed by atoms with Gasteiger partial charge in [0.15, 0.2) is 9.34 Å². The van der Waals surface area contributed by atoms with Crippen LogP contribution in [0, 0.1) is 6.92 Å². The number of amides is 2. The first-order chi connectivity index (χ1) is 12.9. The second kappa shape index (κ2) is 8.24. The summed E-state index contributed by atoms with van der Waals surface area (Å²) in [4.78, 5) is 16.4. The average molecular weight is 411 g/mol. The van der Waals surface area contributed by atoms with E-state index in [1.165, 1.54) is 4.31 Å². The molecular formula is C17H22N4O4S2. The summed E-state index contributed by atoms with van der Waals surface area (Å²) < 4.78 is 32.4. The van der Waals surface area contributed by atoms with Crippen molar-refractivity contribution < 1.29 is 17.9 Å². The third-order valence-electron chi connectivity index (χ3n) is 4.04. The second-order valence-corrected chi connectivity index (χ2v) is 9.17. The summed E-state index contributed by atoms with van der Waals surface area (Å²) in [6.45, 7) is 5.16. The fourth-order valence-electron chi connectivity index (χ4n) is 2.78. The molecule has 1 aromatic carbocycles. The van der Waals surface area contributed by atoms with Crippen LogP contribution in [0.2, 0.25) is 0 Å². The van der Waals surface area contributed by atoms with Gasteiger partial charge in [-0.25, -0.2) is 18.2 Å². The van der Waals surface area contributed by atoms with Gasteiger partial charge in [-0.3, -0.25) is 5.32 Å². The molecule has 1 aliphatic rings. The molecule has 1 saturated heterocycles. The van der Waals surface area contributed by atoms with Crippen LogP contribution in [-0.2, 0) is 10.0 Å². The Bertz CT molecular complexity index is 904. The van der Waals surface area contributed by atoms with E-state index in [1.54, 1.807) is 31.2 Å². The number of nitrogens with one attached hydrogen (secondary N) is 2. The van der Waals surface area contributed by atoms with E-state index in [0.717, 1.165) is 29.9 Å². The van der Waals surface area contributed by atoms with Gasteiger partial charge in [-0.2, -0.15) is 4.31 Å². The third-order valence-corrected chi connectivity index (χ3v) is 7.60. The van der Waals surface area contributed by atoms with E-state index < -0.39 is 16.1 Å². The van der Waals surface area contributed by atoms with Gasteiger partial charge >= 0.3 is 6.03 Å². The summed E-state index contributed by atoms with van der Waals surface area (Å²) in [6.07, 6.45) is 1.74. The van der Waals surface area contributed by atoms with Gasteiger partial charge in [0.1, 0.15) is 5.75 Å². The molecule has 0 unspecified atom stereocenters. The van der Waals surface area contributed by atoms with Gasteiger partial charge in [-0.15, -0.1) is 0 Å². The molecule has 0 bridgehead atoms. The lowest BCUT2D eigenvalue weighted by Crippen LogP contribution is -2.27. The van der Waals surface area contributed by atoms with Crippen molar-refractivity contribution in [3.8, 4) is 5.75 Å². The van der Waals surface area contributed by atoms with Gasteiger partial charge in [0, 0.05) is 18.8 Å². The number of hydrogen-bond acceptors (Lipinski definition) is 6. The predicted octanol–water partition coefficient (Wildman–Crippen LogP) is 3.28. The first-order valence-corrected chi connectivity index (χ1v) is 10.9. The highest BCUT2D eigenvalue weighted by Gasteiger charge is 2.31. The van der Waals surface area contributed by atoms with Crippen molar-refractivity contribution in [1.29, 1.82) is 0 Å². The van der Waals surface area contributed by atoms with Crippen LogP contribution in [0.5, 0.6) is 5.75 Å². The van der Waals surface area contributed by atoms with Crippen molar-refractivity contribution in [3.63, 3.8) is 0 Å². The largest absolute Gasteiger partial charge is 0.494 e. The molecule has 146 valence electrons. The Hall–Kier alpha value is -2.17. The standard InChI is InChI=1S/C17H22N4O4S2/c1-3-25-14-8-6-13(7-9-14)19-16(22)20-17-18-12(2)15(26-17)27(23,24)21-10-4-5-11-21/h6-9H,3-5,10-11H2,1-2H3,(H2,18,19,20,22). The molecule has 0 spiro atoms. The van der Waals surface area contributed by atoms with Gasteiger partial charge in [-0.05, 0) is 51.0 Å². The topological polar surface area (TPSA) is 101 Å². The number of hydrogen-bond donors (Lipinski definition) is 2. The molecule has 2 aromatic rings. The zero-order chi connectivity index (χ0) is 19.4. The second-order valence-electron chi connectivity index (χ2n) is 6.04. The Balaban J connectivity index is 1.66. The van der Waals surface area contributed by atoms with Crippen LogP contribution in [0.15, 0.2) is 28.5 Å². The normalized spacial score (nSPS) is 14.9. The number of benzene rings is 1. The molecule has 3 rings (SSSR count). The van der Waals surface area contributed by atoms with Gasteiger partial charge < -0.3 is 10.1 Å². The fraction of sp³-hybridized carbons (Fsp3) is 0.412. The van der Waals surface area contributed by atoms with Crippen molar-refractivity contribution in [2.45, 2.75) is 30.9 Å². The Kier molecular flexibility index (Phi) is 5.98. The quantitative estimate of drug-likeness (QED) is 0.761. The molecule has 0 saturated carbocycles. The summed E-state index contributed by atoms with van der Waals surface area (Å²) in [5.41, 5.74) is 0.984. The minimum absolute atomic E-state index is 0.181. The van der Waals surface area contributed by atoms with Crippen molar-refractivity contribution in [2.24, 2.45) is 0 Å². The Morgan fingerprint density at radius 1 is 1.22 bits per heavy atom. The molecule has 1 aliphatic heterocycles. The first kappa shape index (κ1) is 19.6. The number of anilines is 2. The van der Waals surface area contributed by atoms with Crippen LogP contribution in [0.4, 0.5) is 15.6 Å². The van der Waals surface area contributed by atoms with Gasteiger partial charge in [0.25, 0.3) is 10.0 Å². The number of thiazole rings is 1. The number of ether oxygens (including phenoxy) is 1. The number of aryl methyl sites for hydroxylation is 1. The minimum atomic E-state index is -3.55. The van der Waals surface area contributed by atoms with E-state index >= 15 is 0 Å². The number of nitrogens with zero attached hydrogens (tertiary/aromatic N) is 2. The highest BCUT2D eigenvalue weighted by Crippen LogP contribution is 2.31. The molecule has 2 N–H and O–H groups in total. The maximum Gasteiger partial charge on any atom is 0.325 e. The molecule has 10 heteroatoms. The Morgan fingerprint density at radius 2 is 1.89 bits per heavy atom. The predicted molar refractivity (Wildman–Crippen MR) is 105 cm³/mol. The van der Waals surface area contributed by atoms with Crippen molar-refractivity contribution >= 4 is 38.2 Å². The average Bonchev–Trinajstić information content (AvgIpc) is 3.27. The monoisotopic (exact) mass is 410 g/mol. The number of carbonyl (C=O) groups excluding carboxylic acids is 1. The van der Waals surface area contributed by atoms with E-state index in [9.17, 15) is 13.2 Å². The molecule has 0 atom stereocenters. The van der Waals surface area contributed by atoms with Crippen LogP contribution in [-0.4, -0.2) is 43.4 Å². The Labute approximate surface area is 162 Å². The lowest BCUT2D eigenvalue weighted by molar-refractivity contribution is 0.262. The Morgan fingerprint density at radius 3 is 2.52 bits per heavy atom. The summed E-state index contributed by atoms with van der Waals surface area (Å²) in [5, 5.41) is 5.52. The highest BCUT2D eigenvalue weighted by molar-refractivity contribution is 7.91. The number of rotatable bonds is 6. The number of sulfonamides is 1. The van der Waals surface area contributed by atoms with E-state index in [1.807, 2.05) is 6.92 Å². The van der Waals surface area contributed by atoms with Crippen LogP contribution >= 0.6 is 11.3 Å². The molecule has 8 nitrogen and oxygen atoms in total. The van der Waals surface area contributed by atoms with Crippen LogP contribution in [0.3, 0.4) is 0 Å². The number of urea groups is 1. The SMILES string of the molecule is CCOc1ccc(NC(=O)Nc2nc(C)c(S(=O)(=O)N3CCCC3)s2)cc1. The summed E-state index contributed by atoms with van der Waals surface area (Å²) in [5.74, 6) is 0.718. The zero-order valence-electron chi connectivity index (χ0n) is 15.2. The molecule has 2 heterocycles. The van der Waals surface area contributed by atoms with Crippen molar-refractivity contribution in [3.05, 3.63) is 30.0 Å². The van der Waals surface area contributed by atoms with E-state index in [0.29, 0.717) is 31.1 Å². The van der Waals surface area contributed by atoms with Crippen molar-refractivity contribution in [2.75, 3.05) is 30.3 Å². The molecule has 27 heavy (non-hydrogen) atoms. The molecule has 0 aliphatic carbocycles. The lowest BCUT2D eigenvalue weighted by Gasteiger charge is -2.13. The van der Waals surface area contributed by atoms with E-state index in [4.69, 9.17) is 4.74 Å². The van der Waals surface area contributed by atoms with Crippen molar-refractivity contribution in [1.82, 2.24) is 9.29 Å². The molecule has 0 radical (unpaired) electrons. The summed E-state index contributed by atoms with van der Waals surface area (Å²) >= 11 is 0.969. The van der Waals surface area contributed by atoms with Gasteiger partial charge in [-0.1, -0.05) is 11.3 Å². The lowest BCUT2D eigenvalue weighted by atomic mass is 10.3. The minimum Gasteiger partial charge on any atom is -0.494 e. The van der Waals surface area contributed by atoms with Crippen LogP contribution in [0.25, 0.3) is 0 Å². The zero-order valence-corrected chi connectivity index (χ0v) is 16.8. The first-order valence-electron chi connectivity index (χ1n) is 8.68. The highest BCUT2D eigenvalue weighted by atomic mass is 32.2. The van der Waals surface area contributed by atoms with Gasteiger partial charge in [0.05, 0.1) is 12.3 Å². The van der Waals surface area contributed by atoms with E-state index in [-0.39, 0.29) is 9.34 Å². The smallest absolute Gasteiger partial charge is 0.325 e. The van der Waals surface area contributed by atoms with E-state index in [2.05, 4.69) is 15.6 Å².